The van der Waals surface area contributed by atoms with Gasteiger partial charge in [-0.1, -0.05) is 40.5 Å². The Balaban J connectivity index is 2.10. The van der Waals surface area contributed by atoms with Gasteiger partial charge in [0, 0.05) is 34.8 Å². The minimum atomic E-state index is 0.0269. The standard InChI is InChI=1S/C15H16BrClN2O/c1-2-7-19-10-13(5-6-15(19)20)18-9-11-3-4-12(16)8-14(11)17/h3-6,8,10,18H,2,7,9H2,1H3. The highest BCUT2D eigenvalue weighted by Gasteiger charge is 2.02. The molecule has 0 bridgehead atoms. The summed E-state index contributed by atoms with van der Waals surface area (Å²) in [7, 11) is 0. The molecule has 2 aromatic rings. The average molecular weight is 356 g/mol. The summed E-state index contributed by atoms with van der Waals surface area (Å²) >= 11 is 9.56. The minimum Gasteiger partial charge on any atom is -0.380 e. The molecule has 0 aliphatic carbocycles. The van der Waals surface area contributed by atoms with Crippen molar-refractivity contribution in [2.45, 2.75) is 26.4 Å². The molecule has 3 nitrogen and oxygen atoms in total. The van der Waals surface area contributed by atoms with Crippen molar-refractivity contribution in [3.05, 3.63) is 61.9 Å². The maximum Gasteiger partial charge on any atom is 0.250 e. The fourth-order valence-corrected chi connectivity index (χ4v) is 2.65. The Hall–Kier alpha value is -1.26. The molecule has 0 aliphatic heterocycles. The zero-order chi connectivity index (χ0) is 14.5. The fraction of sp³-hybridized carbons (Fsp3) is 0.267. The van der Waals surface area contributed by atoms with Gasteiger partial charge in [0.1, 0.15) is 0 Å². The molecule has 0 spiro atoms. The van der Waals surface area contributed by atoms with Crippen LogP contribution >= 0.6 is 27.5 Å². The number of hydrogen-bond acceptors (Lipinski definition) is 2. The molecule has 1 aromatic carbocycles. The van der Waals surface area contributed by atoms with Gasteiger partial charge in [-0.15, -0.1) is 0 Å². The second kappa shape index (κ2) is 6.95. The lowest BCUT2D eigenvalue weighted by atomic mass is 10.2. The lowest BCUT2D eigenvalue weighted by Gasteiger charge is -2.10. The summed E-state index contributed by atoms with van der Waals surface area (Å²) < 4.78 is 2.67. The lowest BCUT2D eigenvalue weighted by Crippen LogP contribution is -2.18. The second-order valence-corrected chi connectivity index (χ2v) is 5.86. The van der Waals surface area contributed by atoms with Gasteiger partial charge in [-0.05, 0) is 30.2 Å². The van der Waals surface area contributed by atoms with E-state index >= 15 is 0 Å². The van der Waals surface area contributed by atoms with Crippen molar-refractivity contribution < 1.29 is 0 Å². The van der Waals surface area contributed by atoms with Crippen LogP contribution in [0.5, 0.6) is 0 Å². The first kappa shape index (κ1) is 15.1. The highest BCUT2D eigenvalue weighted by molar-refractivity contribution is 9.10. The number of aryl methyl sites for hydroxylation is 1. The number of rotatable bonds is 5. The molecule has 0 unspecified atom stereocenters. The fourth-order valence-electron chi connectivity index (χ4n) is 1.91. The van der Waals surface area contributed by atoms with E-state index in [1.54, 1.807) is 16.7 Å². The van der Waals surface area contributed by atoms with Crippen LogP contribution in [0.4, 0.5) is 5.69 Å². The summed E-state index contributed by atoms with van der Waals surface area (Å²) in [5.74, 6) is 0. The Morgan fingerprint density at radius 3 is 2.80 bits per heavy atom. The molecule has 20 heavy (non-hydrogen) atoms. The monoisotopic (exact) mass is 354 g/mol. The largest absolute Gasteiger partial charge is 0.380 e. The van der Waals surface area contributed by atoms with Crippen molar-refractivity contribution in [3.8, 4) is 0 Å². The van der Waals surface area contributed by atoms with E-state index in [0.717, 1.165) is 28.7 Å². The molecule has 1 heterocycles. The number of halogens is 2. The molecular weight excluding hydrogens is 340 g/mol. The summed E-state index contributed by atoms with van der Waals surface area (Å²) in [5, 5.41) is 4.00. The molecule has 0 fully saturated rings. The number of nitrogens with one attached hydrogen (secondary N) is 1. The van der Waals surface area contributed by atoms with E-state index in [4.69, 9.17) is 11.6 Å². The number of nitrogens with zero attached hydrogens (tertiary/aromatic N) is 1. The van der Waals surface area contributed by atoms with Crippen LogP contribution in [0, 0.1) is 0 Å². The Bertz CT molecular complexity index is 655. The van der Waals surface area contributed by atoms with Crippen LogP contribution in [0.15, 0.2) is 45.8 Å². The number of hydrogen-bond donors (Lipinski definition) is 1. The van der Waals surface area contributed by atoms with E-state index in [2.05, 4.69) is 21.2 Å². The highest BCUT2D eigenvalue weighted by atomic mass is 79.9. The van der Waals surface area contributed by atoms with E-state index in [1.165, 1.54) is 0 Å². The van der Waals surface area contributed by atoms with Crippen LogP contribution in [0.25, 0.3) is 0 Å². The van der Waals surface area contributed by atoms with E-state index in [0.29, 0.717) is 11.6 Å². The van der Waals surface area contributed by atoms with Crippen molar-refractivity contribution in [2.75, 3.05) is 5.32 Å². The van der Waals surface area contributed by atoms with Crippen LogP contribution in [-0.2, 0) is 13.1 Å². The zero-order valence-electron chi connectivity index (χ0n) is 11.2. The first-order valence-electron chi connectivity index (χ1n) is 6.48. The molecule has 106 valence electrons. The smallest absolute Gasteiger partial charge is 0.250 e. The summed E-state index contributed by atoms with van der Waals surface area (Å²) in [5.41, 5.74) is 1.96. The summed E-state index contributed by atoms with van der Waals surface area (Å²) in [6.45, 7) is 3.40. The molecule has 1 aromatic heterocycles. The normalized spacial score (nSPS) is 10.6. The lowest BCUT2D eigenvalue weighted by molar-refractivity contribution is 0.655. The zero-order valence-corrected chi connectivity index (χ0v) is 13.5. The molecule has 0 aliphatic rings. The molecular formula is C15H16BrClN2O. The molecule has 0 radical (unpaired) electrons. The van der Waals surface area contributed by atoms with Crippen molar-refractivity contribution in [2.24, 2.45) is 0 Å². The maximum absolute atomic E-state index is 11.6. The summed E-state index contributed by atoms with van der Waals surface area (Å²) in [6, 6.07) is 9.18. The summed E-state index contributed by atoms with van der Waals surface area (Å²) in [4.78, 5) is 11.6. The van der Waals surface area contributed by atoms with E-state index in [1.807, 2.05) is 31.3 Å². The van der Waals surface area contributed by atoms with Gasteiger partial charge in [0.05, 0.1) is 5.69 Å². The van der Waals surface area contributed by atoms with Crippen molar-refractivity contribution in [1.29, 1.82) is 0 Å². The van der Waals surface area contributed by atoms with Crippen molar-refractivity contribution in [1.82, 2.24) is 4.57 Å². The molecule has 5 heteroatoms. The number of benzene rings is 1. The molecule has 0 saturated carbocycles. The summed E-state index contributed by atoms with van der Waals surface area (Å²) in [6.07, 6.45) is 2.78. The van der Waals surface area contributed by atoms with Crippen LogP contribution in [0.1, 0.15) is 18.9 Å². The molecule has 0 amide bonds. The van der Waals surface area contributed by atoms with Gasteiger partial charge in [-0.25, -0.2) is 0 Å². The van der Waals surface area contributed by atoms with E-state index in [-0.39, 0.29) is 5.56 Å². The van der Waals surface area contributed by atoms with Crippen LogP contribution in [-0.4, -0.2) is 4.57 Å². The second-order valence-electron chi connectivity index (χ2n) is 4.54. The number of aromatic nitrogens is 1. The Labute approximate surface area is 131 Å². The first-order chi connectivity index (χ1) is 9.60. The van der Waals surface area contributed by atoms with Gasteiger partial charge >= 0.3 is 0 Å². The van der Waals surface area contributed by atoms with E-state index in [9.17, 15) is 4.79 Å². The van der Waals surface area contributed by atoms with Crippen LogP contribution < -0.4 is 10.9 Å². The first-order valence-corrected chi connectivity index (χ1v) is 7.65. The van der Waals surface area contributed by atoms with Gasteiger partial charge in [0.2, 0.25) is 0 Å². The number of anilines is 1. The number of pyridine rings is 1. The van der Waals surface area contributed by atoms with Gasteiger partial charge in [-0.3, -0.25) is 4.79 Å². The predicted octanol–water partition coefficient (Wildman–Crippen LogP) is 4.29. The van der Waals surface area contributed by atoms with E-state index < -0.39 is 0 Å². The molecule has 0 saturated heterocycles. The third kappa shape index (κ3) is 3.87. The van der Waals surface area contributed by atoms with Crippen LogP contribution in [0.2, 0.25) is 5.02 Å². The molecule has 1 N–H and O–H groups in total. The van der Waals surface area contributed by atoms with Gasteiger partial charge in [0.15, 0.2) is 0 Å². The maximum atomic E-state index is 11.6. The van der Waals surface area contributed by atoms with Gasteiger partial charge in [-0.2, -0.15) is 0 Å². The minimum absolute atomic E-state index is 0.0269. The molecule has 0 atom stereocenters. The van der Waals surface area contributed by atoms with Crippen molar-refractivity contribution in [3.63, 3.8) is 0 Å². The Morgan fingerprint density at radius 1 is 1.30 bits per heavy atom. The Kier molecular flexibility index (Phi) is 5.26. The SMILES string of the molecule is CCCn1cc(NCc2ccc(Br)cc2Cl)ccc1=O. The topological polar surface area (TPSA) is 34.0 Å². The highest BCUT2D eigenvalue weighted by Crippen LogP contribution is 2.22. The van der Waals surface area contributed by atoms with Gasteiger partial charge in [0.25, 0.3) is 5.56 Å². The molecule has 2 rings (SSSR count). The average Bonchev–Trinajstić information content (AvgIpc) is 2.41. The Morgan fingerprint density at radius 2 is 2.10 bits per heavy atom. The van der Waals surface area contributed by atoms with Crippen LogP contribution in [0.3, 0.4) is 0 Å². The third-order valence-electron chi connectivity index (χ3n) is 2.95. The third-order valence-corrected chi connectivity index (χ3v) is 3.79. The predicted molar refractivity (Wildman–Crippen MR) is 87.5 cm³/mol. The quantitative estimate of drug-likeness (QED) is 0.868. The van der Waals surface area contributed by atoms with Crippen molar-refractivity contribution >= 4 is 33.2 Å². The van der Waals surface area contributed by atoms with Gasteiger partial charge < -0.3 is 9.88 Å².